The van der Waals surface area contributed by atoms with Crippen molar-refractivity contribution in [3.8, 4) is 17.2 Å². The van der Waals surface area contributed by atoms with Gasteiger partial charge in [-0.1, -0.05) is 24.3 Å². The summed E-state index contributed by atoms with van der Waals surface area (Å²) < 4.78 is 15.9. The number of benzene rings is 2. The topological polar surface area (TPSA) is 56.8 Å². The smallest absolute Gasteiger partial charge is 0.224 e. The van der Waals surface area contributed by atoms with Gasteiger partial charge in [-0.3, -0.25) is 4.79 Å². The third-order valence-corrected chi connectivity index (χ3v) is 3.83. The van der Waals surface area contributed by atoms with E-state index in [0.717, 1.165) is 16.7 Å². The minimum absolute atomic E-state index is 0.0625. The first-order chi connectivity index (χ1) is 11.6. The van der Waals surface area contributed by atoms with Gasteiger partial charge in [0.25, 0.3) is 0 Å². The van der Waals surface area contributed by atoms with Crippen LogP contribution in [0.3, 0.4) is 0 Å². The predicted molar refractivity (Wildman–Crippen MR) is 92.8 cm³/mol. The largest absolute Gasteiger partial charge is 0.493 e. The third-order valence-electron chi connectivity index (χ3n) is 3.83. The lowest BCUT2D eigenvalue weighted by molar-refractivity contribution is -0.120. The molecule has 24 heavy (non-hydrogen) atoms. The van der Waals surface area contributed by atoms with Gasteiger partial charge in [0.2, 0.25) is 11.7 Å². The van der Waals surface area contributed by atoms with Crippen LogP contribution < -0.4 is 19.5 Å². The van der Waals surface area contributed by atoms with Gasteiger partial charge in [-0.25, -0.2) is 0 Å². The van der Waals surface area contributed by atoms with Gasteiger partial charge in [0.05, 0.1) is 27.8 Å². The van der Waals surface area contributed by atoms with Crippen molar-refractivity contribution in [3.63, 3.8) is 0 Å². The zero-order valence-corrected chi connectivity index (χ0v) is 14.5. The van der Waals surface area contributed by atoms with E-state index in [4.69, 9.17) is 14.2 Å². The quantitative estimate of drug-likeness (QED) is 0.848. The number of nitrogens with one attached hydrogen (secondary N) is 1. The second-order valence-electron chi connectivity index (χ2n) is 5.41. The number of ether oxygens (including phenoxy) is 3. The molecule has 0 saturated heterocycles. The third kappa shape index (κ3) is 4.19. The van der Waals surface area contributed by atoms with Crippen molar-refractivity contribution in [2.24, 2.45) is 0 Å². The Hall–Kier alpha value is -2.69. The molecule has 5 nitrogen and oxygen atoms in total. The molecule has 0 aliphatic rings. The van der Waals surface area contributed by atoms with Crippen molar-refractivity contribution < 1.29 is 19.0 Å². The SMILES string of the molecule is COc1cc(CC(=O)NCc2ccccc2C)cc(OC)c1OC. The summed E-state index contributed by atoms with van der Waals surface area (Å²) in [4.78, 5) is 12.2. The Balaban J connectivity index is 2.07. The van der Waals surface area contributed by atoms with Crippen molar-refractivity contribution in [1.82, 2.24) is 5.32 Å². The molecule has 0 aliphatic heterocycles. The van der Waals surface area contributed by atoms with Crippen LogP contribution in [0.2, 0.25) is 0 Å². The normalized spacial score (nSPS) is 10.2. The molecule has 0 bridgehead atoms. The lowest BCUT2D eigenvalue weighted by atomic mass is 10.1. The summed E-state index contributed by atoms with van der Waals surface area (Å²) in [6.07, 6.45) is 0.239. The summed E-state index contributed by atoms with van der Waals surface area (Å²) in [5, 5.41) is 2.94. The Morgan fingerprint density at radius 3 is 2.17 bits per heavy atom. The Morgan fingerprint density at radius 2 is 1.62 bits per heavy atom. The highest BCUT2D eigenvalue weighted by atomic mass is 16.5. The zero-order valence-electron chi connectivity index (χ0n) is 14.5. The van der Waals surface area contributed by atoms with Crippen LogP contribution in [0.4, 0.5) is 0 Å². The molecule has 128 valence electrons. The van der Waals surface area contributed by atoms with Crippen LogP contribution in [0.5, 0.6) is 17.2 Å². The van der Waals surface area contributed by atoms with E-state index in [9.17, 15) is 4.79 Å². The van der Waals surface area contributed by atoms with Crippen molar-refractivity contribution in [1.29, 1.82) is 0 Å². The fourth-order valence-corrected chi connectivity index (χ4v) is 2.49. The van der Waals surface area contributed by atoms with Crippen molar-refractivity contribution in [3.05, 3.63) is 53.1 Å². The maximum absolute atomic E-state index is 12.2. The minimum Gasteiger partial charge on any atom is -0.493 e. The minimum atomic E-state index is -0.0625. The molecule has 1 amide bonds. The van der Waals surface area contributed by atoms with Crippen LogP contribution in [0.15, 0.2) is 36.4 Å². The van der Waals surface area contributed by atoms with E-state index >= 15 is 0 Å². The van der Waals surface area contributed by atoms with Crippen molar-refractivity contribution in [2.45, 2.75) is 19.9 Å². The average Bonchev–Trinajstić information content (AvgIpc) is 2.60. The molecular formula is C19H23NO4. The monoisotopic (exact) mass is 329 g/mol. The van der Waals surface area contributed by atoms with Gasteiger partial charge in [-0.2, -0.15) is 0 Å². The predicted octanol–water partition coefficient (Wildman–Crippen LogP) is 2.88. The van der Waals surface area contributed by atoms with Crippen LogP contribution in [0.1, 0.15) is 16.7 Å². The van der Waals surface area contributed by atoms with Crippen molar-refractivity contribution >= 4 is 5.91 Å². The van der Waals surface area contributed by atoms with E-state index in [0.29, 0.717) is 23.8 Å². The molecule has 0 unspecified atom stereocenters. The lowest BCUT2D eigenvalue weighted by Crippen LogP contribution is -2.24. The van der Waals surface area contributed by atoms with E-state index in [1.165, 1.54) is 0 Å². The second kappa shape index (κ2) is 8.24. The van der Waals surface area contributed by atoms with E-state index in [2.05, 4.69) is 5.32 Å². The standard InChI is InChI=1S/C19H23NO4/c1-13-7-5-6-8-15(13)12-20-18(21)11-14-9-16(22-2)19(24-4)17(10-14)23-3/h5-10H,11-12H2,1-4H3,(H,20,21). The molecule has 0 saturated carbocycles. The molecule has 0 aliphatic carbocycles. The first-order valence-electron chi connectivity index (χ1n) is 7.69. The molecular weight excluding hydrogens is 306 g/mol. The Kier molecular flexibility index (Phi) is 6.07. The van der Waals surface area contributed by atoms with Crippen LogP contribution in [0, 0.1) is 6.92 Å². The summed E-state index contributed by atoms with van der Waals surface area (Å²) >= 11 is 0. The number of carbonyl (C=O) groups is 1. The highest BCUT2D eigenvalue weighted by molar-refractivity contribution is 5.79. The highest BCUT2D eigenvalue weighted by Crippen LogP contribution is 2.38. The van der Waals surface area contributed by atoms with Gasteiger partial charge in [-0.15, -0.1) is 0 Å². The molecule has 0 heterocycles. The fourth-order valence-electron chi connectivity index (χ4n) is 2.49. The number of amides is 1. The Bertz CT molecular complexity index is 687. The summed E-state index contributed by atoms with van der Waals surface area (Å²) in [7, 11) is 4.66. The number of hydrogen-bond acceptors (Lipinski definition) is 4. The van der Waals surface area contributed by atoms with Crippen LogP contribution in [-0.2, 0) is 17.8 Å². The average molecular weight is 329 g/mol. The molecule has 0 fully saturated rings. The first kappa shape index (κ1) is 17.7. The Morgan fingerprint density at radius 1 is 1.00 bits per heavy atom. The van der Waals surface area contributed by atoms with Crippen LogP contribution in [0.25, 0.3) is 0 Å². The first-order valence-corrected chi connectivity index (χ1v) is 7.69. The highest BCUT2D eigenvalue weighted by Gasteiger charge is 2.14. The summed E-state index contributed by atoms with van der Waals surface area (Å²) in [6, 6.07) is 11.6. The van der Waals surface area contributed by atoms with Crippen LogP contribution in [-0.4, -0.2) is 27.2 Å². The van der Waals surface area contributed by atoms with Gasteiger partial charge >= 0.3 is 0 Å². The summed E-state index contributed by atoms with van der Waals surface area (Å²) in [6.45, 7) is 2.54. The number of aryl methyl sites for hydroxylation is 1. The number of rotatable bonds is 7. The van der Waals surface area contributed by atoms with Gasteiger partial charge in [0, 0.05) is 6.54 Å². The molecule has 5 heteroatoms. The van der Waals surface area contributed by atoms with E-state index in [1.807, 2.05) is 31.2 Å². The molecule has 0 aromatic heterocycles. The van der Waals surface area contributed by atoms with E-state index in [-0.39, 0.29) is 12.3 Å². The molecule has 1 N–H and O–H groups in total. The van der Waals surface area contributed by atoms with Gasteiger partial charge in [-0.05, 0) is 35.7 Å². The second-order valence-corrected chi connectivity index (χ2v) is 5.41. The Labute approximate surface area is 142 Å². The molecule has 0 radical (unpaired) electrons. The zero-order chi connectivity index (χ0) is 17.5. The van der Waals surface area contributed by atoms with Gasteiger partial charge in [0.15, 0.2) is 11.5 Å². The fraction of sp³-hybridized carbons (Fsp3) is 0.316. The molecule has 0 atom stereocenters. The molecule has 2 aromatic rings. The maximum Gasteiger partial charge on any atom is 0.224 e. The molecule has 2 aromatic carbocycles. The van der Waals surface area contributed by atoms with E-state index in [1.54, 1.807) is 33.5 Å². The number of hydrogen-bond donors (Lipinski definition) is 1. The number of methoxy groups -OCH3 is 3. The maximum atomic E-state index is 12.2. The lowest BCUT2D eigenvalue weighted by Gasteiger charge is -2.14. The van der Waals surface area contributed by atoms with Gasteiger partial charge < -0.3 is 19.5 Å². The summed E-state index contributed by atoms with van der Waals surface area (Å²) in [5.74, 6) is 1.54. The molecule has 0 spiro atoms. The van der Waals surface area contributed by atoms with Crippen LogP contribution >= 0.6 is 0 Å². The van der Waals surface area contributed by atoms with Crippen molar-refractivity contribution in [2.75, 3.05) is 21.3 Å². The summed E-state index contributed by atoms with van der Waals surface area (Å²) in [5.41, 5.74) is 3.06. The molecule has 2 rings (SSSR count). The van der Waals surface area contributed by atoms with Gasteiger partial charge in [0.1, 0.15) is 0 Å². The number of carbonyl (C=O) groups excluding carboxylic acids is 1. The van der Waals surface area contributed by atoms with E-state index < -0.39 is 0 Å².